The van der Waals surface area contributed by atoms with Crippen LogP contribution in [-0.2, 0) is 4.74 Å². The van der Waals surface area contributed by atoms with Crippen LogP contribution in [0.3, 0.4) is 0 Å². The zero-order chi connectivity index (χ0) is 17.3. The Kier molecular flexibility index (Phi) is 4.22. The molecule has 0 saturated heterocycles. The Hall–Kier alpha value is -2.50. The summed E-state index contributed by atoms with van der Waals surface area (Å²) in [5.41, 5.74) is 2.60. The van der Waals surface area contributed by atoms with Gasteiger partial charge in [0.2, 0.25) is 0 Å². The van der Waals surface area contributed by atoms with Gasteiger partial charge in [-0.1, -0.05) is 6.08 Å². The number of carbonyl (C=O) groups is 1. The smallest absolute Gasteiger partial charge is 0.410 e. The van der Waals surface area contributed by atoms with E-state index in [4.69, 9.17) is 9.47 Å². The van der Waals surface area contributed by atoms with Crippen molar-refractivity contribution in [2.45, 2.75) is 32.8 Å². The molecule has 6 heteroatoms. The first-order valence-electron chi connectivity index (χ1n) is 8.06. The highest BCUT2D eigenvalue weighted by atomic mass is 16.6. The van der Waals surface area contributed by atoms with E-state index >= 15 is 0 Å². The molecule has 0 fully saturated rings. The van der Waals surface area contributed by atoms with E-state index < -0.39 is 5.60 Å². The monoisotopic (exact) mass is 329 g/mol. The van der Waals surface area contributed by atoms with Gasteiger partial charge in [-0.05, 0) is 38.8 Å². The van der Waals surface area contributed by atoms with Crippen molar-refractivity contribution >= 4 is 22.7 Å². The maximum absolute atomic E-state index is 12.2. The summed E-state index contributed by atoms with van der Waals surface area (Å²) in [5.74, 6) is 0.798. The van der Waals surface area contributed by atoms with Gasteiger partial charge in [0.15, 0.2) is 0 Å². The zero-order valence-corrected chi connectivity index (χ0v) is 14.5. The largest absolute Gasteiger partial charge is 0.496 e. The number of aromatic amines is 1. The maximum Gasteiger partial charge on any atom is 0.410 e. The van der Waals surface area contributed by atoms with Crippen LogP contribution in [0.15, 0.2) is 24.5 Å². The molecule has 0 atom stereocenters. The quantitative estimate of drug-likeness (QED) is 0.914. The molecule has 128 valence electrons. The van der Waals surface area contributed by atoms with E-state index in [1.165, 1.54) is 5.57 Å². The molecule has 1 aliphatic heterocycles. The van der Waals surface area contributed by atoms with Crippen LogP contribution in [0.5, 0.6) is 5.75 Å². The zero-order valence-electron chi connectivity index (χ0n) is 14.5. The van der Waals surface area contributed by atoms with E-state index in [0.717, 1.165) is 28.8 Å². The molecular weight excluding hydrogens is 306 g/mol. The first kappa shape index (κ1) is 16.4. The summed E-state index contributed by atoms with van der Waals surface area (Å²) in [7, 11) is 1.66. The van der Waals surface area contributed by atoms with Gasteiger partial charge in [0.25, 0.3) is 0 Å². The normalized spacial score (nSPS) is 15.3. The molecule has 1 aliphatic rings. The molecule has 3 heterocycles. The Morgan fingerprint density at radius 3 is 2.79 bits per heavy atom. The standard InChI is InChI=1S/C18H23N3O3/c1-18(2,3)24-17(22)21-9-6-12(7-10-21)13-11-20-16-15(13)14(23-4)5-8-19-16/h5-6,8,11H,7,9-10H2,1-4H3,(H,19,20). The van der Waals surface area contributed by atoms with E-state index in [2.05, 4.69) is 16.0 Å². The van der Waals surface area contributed by atoms with Crippen molar-refractivity contribution in [3.05, 3.63) is 30.1 Å². The molecule has 0 saturated carbocycles. The third kappa shape index (κ3) is 3.22. The highest BCUT2D eigenvalue weighted by Crippen LogP contribution is 2.34. The first-order valence-corrected chi connectivity index (χ1v) is 8.06. The number of nitrogens with one attached hydrogen (secondary N) is 1. The lowest BCUT2D eigenvalue weighted by Gasteiger charge is -2.29. The van der Waals surface area contributed by atoms with Crippen molar-refractivity contribution in [1.29, 1.82) is 0 Å². The number of methoxy groups -OCH3 is 1. The number of amides is 1. The van der Waals surface area contributed by atoms with Gasteiger partial charge in [0.05, 0.1) is 12.5 Å². The summed E-state index contributed by atoms with van der Waals surface area (Å²) >= 11 is 0. The number of hydrogen-bond donors (Lipinski definition) is 1. The van der Waals surface area contributed by atoms with Crippen LogP contribution >= 0.6 is 0 Å². The third-order valence-electron chi connectivity index (χ3n) is 3.96. The number of carbonyl (C=O) groups excluding carboxylic acids is 1. The van der Waals surface area contributed by atoms with Crippen LogP contribution in [0.1, 0.15) is 32.8 Å². The Bertz CT molecular complexity index is 786. The Balaban J connectivity index is 1.82. The molecular formula is C18H23N3O3. The molecule has 2 aromatic heterocycles. The van der Waals surface area contributed by atoms with Gasteiger partial charge >= 0.3 is 6.09 Å². The maximum atomic E-state index is 12.2. The van der Waals surface area contributed by atoms with E-state index in [-0.39, 0.29) is 6.09 Å². The number of pyridine rings is 1. The Labute approximate surface area is 141 Å². The predicted octanol–water partition coefficient (Wildman–Crippen LogP) is 3.60. The molecule has 0 unspecified atom stereocenters. The number of ether oxygens (including phenoxy) is 2. The molecule has 0 spiro atoms. The molecule has 0 aromatic carbocycles. The second-order valence-electron chi connectivity index (χ2n) is 6.84. The molecule has 24 heavy (non-hydrogen) atoms. The summed E-state index contributed by atoms with van der Waals surface area (Å²) < 4.78 is 10.9. The average molecular weight is 329 g/mol. The van der Waals surface area contributed by atoms with Gasteiger partial charge in [0, 0.05) is 31.0 Å². The minimum absolute atomic E-state index is 0.268. The summed E-state index contributed by atoms with van der Waals surface area (Å²) in [6.45, 7) is 6.81. The van der Waals surface area contributed by atoms with Crippen molar-refractivity contribution in [2.24, 2.45) is 0 Å². The summed E-state index contributed by atoms with van der Waals surface area (Å²) in [6, 6.07) is 1.86. The lowest BCUT2D eigenvalue weighted by atomic mass is 9.99. The lowest BCUT2D eigenvalue weighted by molar-refractivity contribution is 0.0270. The first-order chi connectivity index (χ1) is 11.4. The number of rotatable bonds is 2. The molecule has 0 aliphatic carbocycles. The lowest BCUT2D eigenvalue weighted by Crippen LogP contribution is -2.39. The number of nitrogens with zero attached hydrogens (tertiary/aromatic N) is 2. The predicted molar refractivity (Wildman–Crippen MR) is 93.0 cm³/mol. The molecule has 3 rings (SSSR count). The van der Waals surface area contributed by atoms with Gasteiger partial charge in [-0.25, -0.2) is 9.78 Å². The van der Waals surface area contributed by atoms with Crippen molar-refractivity contribution in [3.63, 3.8) is 0 Å². The highest BCUT2D eigenvalue weighted by molar-refractivity contribution is 5.95. The topological polar surface area (TPSA) is 67.5 Å². The van der Waals surface area contributed by atoms with Gasteiger partial charge in [0.1, 0.15) is 17.0 Å². The number of aromatic nitrogens is 2. The van der Waals surface area contributed by atoms with Gasteiger partial charge in [-0.15, -0.1) is 0 Å². The minimum atomic E-state index is -0.475. The van der Waals surface area contributed by atoms with Crippen LogP contribution in [0.4, 0.5) is 4.79 Å². The van der Waals surface area contributed by atoms with Crippen LogP contribution < -0.4 is 4.74 Å². The van der Waals surface area contributed by atoms with Crippen molar-refractivity contribution in [3.8, 4) is 5.75 Å². The number of fused-ring (bicyclic) bond motifs is 1. The SMILES string of the molecule is COc1ccnc2[nH]cc(C3=CCN(C(=O)OC(C)(C)C)CC3)c12. The van der Waals surface area contributed by atoms with Crippen molar-refractivity contribution < 1.29 is 14.3 Å². The molecule has 1 amide bonds. The number of hydrogen-bond acceptors (Lipinski definition) is 4. The highest BCUT2D eigenvalue weighted by Gasteiger charge is 2.25. The fourth-order valence-electron chi connectivity index (χ4n) is 2.86. The van der Waals surface area contributed by atoms with Crippen molar-refractivity contribution in [1.82, 2.24) is 14.9 Å². The van der Waals surface area contributed by atoms with E-state index in [1.807, 2.05) is 33.0 Å². The average Bonchev–Trinajstić information content (AvgIpc) is 2.97. The van der Waals surface area contributed by atoms with Crippen LogP contribution in [0, 0.1) is 0 Å². The third-order valence-corrected chi connectivity index (χ3v) is 3.96. The minimum Gasteiger partial charge on any atom is -0.496 e. The van der Waals surface area contributed by atoms with Gasteiger partial charge in [-0.2, -0.15) is 0 Å². The van der Waals surface area contributed by atoms with E-state index in [0.29, 0.717) is 13.1 Å². The molecule has 0 bridgehead atoms. The van der Waals surface area contributed by atoms with Gasteiger partial charge in [-0.3, -0.25) is 0 Å². The van der Waals surface area contributed by atoms with Crippen LogP contribution in [0.25, 0.3) is 16.6 Å². The summed E-state index contributed by atoms with van der Waals surface area (Å²) in [5, 5.41) is 0.983. The molecule has 0 radical (unpaired) electrons. The molecule has 1 N–H and O–H groups in total. The fraction of sp³-hybridized carbons (Fsp3) is 0.444. The van der Waals surface area contributed by atoms with E-state index in [9.17, 15) is 4.79 Å². The second kappa shape index (κ2) is 6.19. The Morgan fingerprint density at radius 2 is 2.17 bits per heavy atom. The molecule has 2 aromatic rings. The Morgan fingerprint density at radius 1 is 1.38 bits per heavy atom. The van der Waals surface area contributed by atoms with Crippen molar-refractivity contribution in [2.75, 3.05) is 20.2 Å². The molecule has 6 nitrogen and oxygen atoms in total. The summed E-state index contributed by atoms with van der Waals surface area (Å²) in [4.78, 5) is 21.4. The van der Waals surface area contributed by atoms with E-state index in [1.54, 1.807) is 18.2 Å². The number of H-pyrrole nitrogens is 1. The fourth-order valence-corrected chi connectivity index (χ4v) is 2.86. The van der Waals surface area contributed by atoms with Crippen LogP contribution in [-0.4, -0.2) is 46.8 Å². The van der Waals surface area contributed by atoms with Gasteiger partial charge < -0.3 is 19.4 Å². The second-order valence-corrected chi connectivity index (χ2v) is 6.84. The summed E-state index contributed by atoms with van der Waals surface area (Å²) in [6.07, 6.45) is 6.25. The van der Waals surface area contributed by atoms with Crippen LogP contribution in [0.2, 0.25) is 0 Å².